The summed E-state index contributed by atoms with van der Waals surface area (Å²) in [5, 5.41) is 50.1. The van der Waals surface area contributed by atoms with Gasteiger partial charge in [-0.25, -0.2) is 4.57 Å². The van der Waals surface area contributed by atoms with Crippen LogP contribution in [0.3, 0.4) is 0 Å². The van der Waals surface area contributed by atoms with Crippen LogP contribution in [0.5, 0.6) is 0 Å². The Labute approximate surface area is 356 Å². The molecule has 0 aromatic rings. The van der Waals surface area contributed by atoms with E-state index in [-0.39, 0.29) is 12.8 Å². The van der Waals surface area contributed by atoms with Crippen molar-refractivity contribution in [2.75, 3.05) is 13.2 Å². The maximum Gasteiger partial charge on any atom is 0.472 e. The molecule has 0 radical (unpaired) electrons. The van der Waals surface area contributed by atoms with E-state index in [9.17, 15) is 44.6 Å². The molecule has 1 aliphatic carbocycles. The fourth-order valence-electron chi connectivity index (χ4n) is 7.01. The summed E-state index contributed by atoms with van der Waals surface area (Å²) in [6.07, 6.45) is 25.3. The summed E-state index contributed by atoms with van der Waals surface area (Å²) < 4.78 is 33.5. The number of phosphoric acid groups is 1. The van der Waals surface area contributed by atoms with Crippen LogP contribution < -0.4 is 0 Å². The molecule has 1 saturated carbocycles. The van der Waals surface area contributed by atoms with Gasteiger partial charge >= 0.3 is 19.8 Å². The highest BCUT2D eigenvalue weighted by molar-refractivity contribution is 7.47. The second kappa shape index (κ2) is 35.9. The van der Waals surface area contributed by atoms with Gasteiger partial charge in [-0.15, -0.1) is 0 Å². The predicted molar refractivity (Wildman–Crippen MR) is 230 cm³/mol. The predicted octanol–water partition coefficient (Wildman–Crippen LogP) is 8.84. The quantitative estimate of drug-likeness (QED) is 0.0149. The Balaban J connectivity index is 2.48. The molecule has 0 saturated heterocycles. The molecule has 1 fully saturated rings. The number of esters is 2. The summed E-state index contributed by atoms with van der Waals surface area (Å²) in [6, 6.07) is 0. The molecule has 6 unspecified atom stereocenters. The number of phosphoric ester groups is 1. The zero-order valence-electron chi connectivity index (χ0n) is 36.6. The Bertz CT molecular complexity index is 1130. The zero-order valence-corrected chi connectivity index (χ0v) is 37.4. The molecule has 8 atom stereocenters. The average molecular weight is 863 g/mol. The molecule has 346 valence electrons. The van der Waals surface area contributed by atoms with Crippen molar-refractivity contribution in [3.05, 3.63) is 24.3 Å². The highest BCUT2D eigenvalue weighted by atomic mass is 31.2. The van der Waals surface area contributed by atoms with E-state index in [1.807, 2.05) is 6.08 Å². The maximum absolute atomic E-state index is 12.8. The second-order valence-electron chi connectivity index (χ2n) is 16.3. The van der Waals surface area contributed by atoms with Crippen LogP contribution in [-0.2, 0) is 32.7 Å². The van der Waals surface area contributed by atoms with Gasteiger partial charge < -0.3 is 39.9 Å². The van der Waals surface area contributed by atoms with Crippen LogP contribution in [0.2, 0.25) is 0 Å². The van der Waals surface area contributed by atoms with Crippen molar-refractivity contribution in [3.63, 3.8) is 0 Å². The highest BCUT2D eigenvalue weighted by Gasteiger charge is 2.51. The Hall–Kier alpha value is -1.67. The Kier molecular flexibility index (Phi) is 33.7. The third-order valence-electron chi connectivity index (χ3n) is 10.8. The van der Waals surface area contributed by atoms with Crippen molar-refractivity contribution in [2.24, 2.45) is 0 Å². The van der Waals surface area contributed by atoms with Crippen LogP contribution in [0, 0.1) is 0 Å². The van der Waals surface area contributed by atoms with E-state index in [4.69, 9.17) is 18.5 Å². The SMILES string of the molecule is CCCCCC/C=C/CCCCCCCCCC(=O)O[C@H](COC(=O)CC/C=C/CCCCCCCCCCCCC)COP(=O)(O)OC1C(O)C(O)C(O)[C@@H](O)C1O. The third kappa shape index (κ3) is 28.5. The number of aliphatic hydroxyl groups excluding tert-OH is 5. The van der Waals surface area contributed by atoms with Crippen molar-refractivity contribution < 1.29 is 63.1 Å². The second-order valence-corrected chi connectivity index (χ2v) is 17.7. The molecule has 0 aromatic heterocycles. The van der Waals surface area contributed by atoms with Gasteiger partial charge in [-0.3, -0.25) is 18.6 Å². The molecule has 0 aromatic carbocycles. The molecule has 0 aliphatic heterocycles. The van der Waals surface area contributed by atoms with Crippen LogP contribution in [0.4, 0.5) is 0 Å². The number of carbonyl (C=O) groups excluding carboxylic acids is 2. The van der Waals surface area contributed by atoms with Gasteiger partial charge in [-0.2, -0.15) is 0 Å². The molecule has 1 rings (SSSR count). The minimum Gasteiger partial charge on any atom is -0.462 e. The van der Waals surface area contributed by atoms with Crippen LogP contribution in [0.25, 0.3) is 0 Å². The van der Waals surface area contributed by atoms with Crippen molar-refractivity contribution in [2.45, 2.75) is 236 Å². The van der Waals surface area contributed by atoms with E-state index < -0.39 is 75.7 Å². The molecule has 13 nitrogen and oxygen atoms in total. The van der Waals surface area contributed by atoms with Crippen molar-refractivity contribution in [3.8, 4) is 0 Å². The number of carbonyl (C=O) groups is 2. The summed E-state index contributed by atoms with van der Waals surface area (Å²) in [4.78, 5) is 35.6. The van der Waals surface area contributed by atoms with E-state index in [0.717, 1.165) is 51.4 Å². The molecular weight excluding hydrogens is 779 g/mol. The van der Waals surface area contributed by atoms with E-state index in [2.05, 4.69) is 32.1 Å². The number of allylic oxidation sites excluding steroid dienone is 4. The standard InChI is InChI=1S/C45H83O13P/c1-3-5-7-9-11-13-15-17-19-21-23-25-27-29-31-33-38(46)55-35-37(36-56-59(53,54)58-45-43(51)41(49)40(48)42(50)44(45)52)57-39(47)34-32-30-28-26-24-22-20-18-16-14-12-10-8-6-4-2/h14,16,27,29,37,40-45,48-52H,3-13,15,17-26,28,30-36H2,1-2H3,(H,53,54)/b16-14+,29-27+/t37-,40?,41-,42?,43?,44?,45?/m1/s1. The smallest absolute Gasteiger partial charge is 0.462 e. The van der Waals surface area contributed by atoms with Crippen LogP contribution in [0.1, 0.15) is 194 Å². The lowest BCUT2D eigenvalue weighted by atomic mass is 9.85. The minimum absolute atomic E-state index is 0.0850. The van der Waals surface area contributed by atoms with Gasteiger partial charge in [0.1, 0.15) is 43.2 Å². The molecular formula is C45H83O13P. The summed E-state index contributed by atoms with van der Waals surface area (Å²) in [7, 11) is -5.12. The summed E-state index contributed by atoms with van der Waals surface area (Å²) >= 11 is 0. The molecule has 14 heteroatoms. The van der Waals surface area contributed by atoms with Crippen LogP contribution in [0.15, 0.2) is 24.3 Å². The first-order chi connectivity index (χ1) is 28.4. The highest BCUT2D eigenvalue weighted by Crippen LogP contribution is 2.47. The molecule has 0 heterocycles. The minimum atomic E-state index is -5.12. The van der Waals surface area contributed by atoms with Crippen molar-refractivity contribution >= 4 is 19.8 Å². The van der Waals surface area contributed by atoms with E-state index in [0.29, 0.717) is 12.8 Å². The van der Waals surface area contributed by atoms with Crippen molar-refractivity contribution in [1.29, 1.82) is 0 Å². The number of hydrogen-bond acceptors (Lipinski definition) is 12. The fourth-order valence-corrected chi connectivity index (χ4v) is 7.98. The molecule has 0 amide bonds. The lowest BCUT2D eigenvalue weighted by Gasteiger charge is -2.41. The van der Waals surface area contributed by atoms with Gasteiger partial charge in [0.15, 0.2) is 6.10 Å². The molecule has 6 N–H and O–H groups in total. The summed E-state index contributed by atoms with van der Waals surface area (Å²) in [5.74, 6) is -1.16. The maximum atomic E-state index is 12.8. The Morgan fingerprint density at radius 1 is 0.508 bits per heavy atom. The average Bonchev–Trinajstić information content (AvgIpc) is 3.21. The third-order valence-corrected chi connectivity index (χ3v) is 11.8. The van der Waals surface area contributed by atoms with Gasteiger partial charge in [-0.05, 0) is 51.4 Å². The van der Waals surface area contributed by atoms with Crippen molar-refractivity contribution in [1.82, 2.24) is 0 Å². The van der Waals surface area contributed by atoms with E-state index >= 15 is 0 Å². The first kappa shape index (κ1) is 55.3. The summed E-state index contributed by atoms with van der Waals surface area (Å²) in [6.45, 7) is 3.25. The lowest BCUT2D eigenvalue weighted by molar-refractivity contribution is -0.220. The number of rotatable bonds is 38. The number of unbranched alkanes of at least 4 members (excludes halogenated alkanes) is 22. The zero-order chi connectivity index (χ0) is 43.6. The van der Waals surface area contributed by atoms with E-state index in [1.165, 1.54) is 103 Å². The van der Waals surface area contributed by atoms with E-state index in [1.54, 1.807) is 0 Å². The molecule has 0 spiro atoms. The number of hydrogen-bond donors (Lipinski definition) is 6. The fraction of sp³-hybridized carbons (Fsp3) is 0.867. The Morgan fingerprint density at radius 3 is 1.37 bits per heavy atom. The largest absolute Gasteiger partial charge is 0.472 e. The molecule has 59 heavy (non-hydrogen) atoms. The van der Waals surface area contributed by atoms with Gasteiger partial charge in [0.05, 0.1) is 6.61 Å². The Morgan fingerprint density at radius 2 is 0.898 bits per heavy atom. The van der Waals surface area contributed by atoms with Gasteiger partial charge in [0.25, 0.3) is 0 Å². The first-order valence-electron chi connectivity index (χ1n) is 23.1. The first-order valence-corrected chi connectivity index (χ1v) is 24.6. The summed E-state index contributed by atoms with van der Waals surface area (Å²) in [5.41, 5.74) is 0. The normalized spacial score (nSPS) is 22.5. The van der Waals surface area contributed by atoms with Gasteiger partial charge in [0, 0.05) is 12.8 Å². The molecule has 0 bridgehead atoms. The monoisotopic (exact) mass is 863 g/mol. The molecule has 1 aliphatic rings. The number of ether oxygens (including phenoxy) is 2. The van der Waals surface area contributed by atoms with Gasteiger partial charge in [-0.1, -0.05) is 154 Å². The van der Waals surface area contributed by atoms with Crippen LogP contribution >= 0.6 is 7.82 Å². The topological polar surface area (TPSA) is 210 Å². The van der Waals surface area contributed by atoms with Gasteiger partial charge in [0.2, 0.25) is 0 Å². The lowest BCUT2D eigenvalue weighted by Crippen LogP contribution is -2.64. The number of aliphatic hydroxyl groups is 5. The van der Waals surface area contributed by atoms with Crippen LogP contribution in [-0.4, -0.2) is 98.3 Å².